The van der Waals surface area contributed by atoms with Gasteiger partial charge in [0.2, 0.25) is 0 Å². The topological polar surface area (TPSA) is 58.0 Å². The van der Waals surface area contributed by atoms with Gasteiger partial charge in [0.1, 0.15) is 5.82 Å². The number of hydrogen-bond acceptors (Lipinski definition) is 4. The third kappa shape index (κ3) is 4.54. The molecule has 4 nitrogen and oxygen atoms in total. The van der Waals surface area contributed by atoms with Crippen LogP contribution in [-0.2, 0) is 10.8 Å². The van der Waals surface area contributed by atoms with Crippen LogP contribution in [0.3, 0.4) is 0 Å². The Morgan fingerprint density at radius 3 is 2.04 bits per heavy atom. The van der Waals surface area contributed by atoms with Gasteiger partial charge in [-0.15, -0.1) is 0 Å². The van der Waals surface area contributed by atoms with Gasteiger partial charge < -0.3 is 10.4 Å². The molecule has 1 atom stereocenters. The average Bonchev–Trinajstić information content (AvgIpc) is 2.52. The summed E-state index contributed by atoms with van der Waals surface area (Å²) in [6, 6.07) is 8.08. The molecule has 0 bridgehead atoms. The lowest BCUT2D eigenvalue weighted by molar-refractivity contribution is 0.194. The molecule has 130 valence electrons. The molecule has 0 saturated carbocycles. The highest BCUT2D eigenvalue weighted by atomic mass is 16.3. The Morgan fingerprint density at radius 2 is 1.58 bits per heavy atom. The van der Waals surface area contributed by atoms with Gasteiger partial charge in [0, 0.05) is 24.4 Å². The van der Waals surface area contributed by atoms with Gasteiger partial charge >= 0.3 is 0 Å². The van der Waals surface area contributed by atoms with Crippen LogP contribution in [0.5, 0.6) is 0 Å². The smallest absolute Gasteiger partial charge is 0.125 e. The van der Waals surface area contributed by atoms with Crippen molar-refractivity contribution in [2.45, 2.75) is 58.5 Å². The first kappa shape index (κ1) is 18.4. The minimum atomic E-state index is -0.536. The molecule has 0 aromatic carbocycles. The van der Waals surface area contributed by atoms with E-state index in [1.165, 1.54) is 5.56 Å². The van der Waals surface area contributed by atoms with E-state index in [9.17, 15) is 5.11 Å². The second kappa shape index (κ2) is 6.89. The Balaban J connectivity index is 2.04. The molecule has 2 rings (SSSR count). The van der Waals surface area contributed by atoms with Crippen LogP contribution in [0.25, 0.3) is 0 Å². The van der Waals surface area contributed by atoms with Crippen molar-refractivity contribution in [3.05, 3.63) is 53.5 Å². The summed E-state index contributed by atoms with van der Waals surface area (Å²) in [5.41, 5.74) is 3.08. The van der Waals surface area contributed by atoms with Crippen LogP contribution in [0.15, 0.2) is 36.7 Å². The highest BCUT2D eigenvalue weighted by molar-refractivity contribution is 5.38. The van der Waals surface area contributed by atoms with E-state index in [4.69, 9.17) is 0 Å². The summed E-state index contributed by atoms with van der Waals surface area (Å²) in [7, 11) is 0. The Labute approximate surface area is 145 Å². The summed E-state index contributed by atoms with van der Waals surface area (Å²) in [6.45, 7) is 13.4. The lowest BCUT2D eigenvalue weighted by Gasteiger charge is -2.26. The molecule has 0 spiro atoms. The molecule has 0 saturated heterocycles. The quantitative estimate of drug-likeness (QED) is 0.863. The lowest BCUT2D eigenvalue weighted by Crippen LogP contribution is -2.28. The monoisotopic (exact) mass is 327 g/mol. The zero-order valence-electron chi connectivity index (χ0n) is 15.6. The van der Waals surface area contributed by atoms with E-state index in [0.29, 0.717) is 5.69 Å². The number of hydrogen-bond donors (Lipinski definition) is 2. The number of nitrogens with zero attached hydrogens (tertiary/aromatic N) is 2. The maximum atomic E-state index is 9.57. The molecule has 2 N–H and O–H groups in total. The van der Waals surface area contributed by atoms with Gasteiger partial charge in [-0.2, -0.15) is 0 Å². The number of aliphatic hydroxyl groups excluding tert-OH is 1. The summed E-state index contributed by atoms with van der Waals surface area (Å²) in [4.78, 5) is 8.86. The molecule has 4 heteroatoms. The van der Waals surface area contributed by atoms with Gasteiger partial charge in [-0.3, -0.25) is 4.98 Å². The Bertz CT molecular complexity index is 653. The number of nitrogens with one attached hydrogen (secondary N) is 1. The van der Waals surface area contributed by atoms with Crippen LogP contribution in [0.1, 0.15) is 64.5 Å². The zero-order valence-corrected chi connectivity index (χ0v) is 15.6. The van der Waals surface area contributed by atoms with Gasteiger partial charge in [-0.05, 0) is 35.6 Å². The number of aromatic nitrogens is 2. The van der Waals surface area contributed by atoms with Gasteiger partial charge in [-0.25, -0.2) is 4.98 Å². The maximum absolute atomic E-state index is 9.57. The van der Waals surface area contributed by atoms with E-state index in [0.717, 1.165) is 17.9 Å². The third-order valence-corrected chi connectivity index (χ3v) is 4.34. The molecule has 0 aliphatic heterocycles. The second-order valence-corrected chi connectivity index (χ2v) is 8.07. The fraction of sp³-hybridized carbons (Fsp3) is 0.500. The van der Waals surface area contributed by atoms with Crippen molar-refractivity contribution < 1.29 is 5.11 Å². The number of aliphatic hydroxyl groups is 1. The summed E-state index contributed by atoms with van der Waals surface area (Å²) < 4.78 is 0. The first-order valence-corrected chi connectivity index (χ1v) is 8.44. The lowest BCUT2D eigenvalue weighted by atomic mass is 9.85. The first-order valence-electron chi connectivity index (χ1n) is 8.44. The van der Waals surface area contributed by atoms with Crippen LogP contribution < -0.4 is 5.32 Å². The Morgan fingerprint density at radius 1 is 0.958 bits per heavy atom. The fourth-order valence-electron chi connectivity index (χ4n) is 2.41. The Hall–Kier alpha value is -1.94. The van der Waals surface area contributed by atoms with Crippen molar-refractivity contribution in [1.29, 1.82) is 0 Å². The molecule has 1 unspecified atom stereocenters. The number of anilines is 1. The molecule has 0 aliphatic carbocycles. The fourth-order valence-corrected chi connectivity index (χ4v) is 2.41. The van der Waals surface area contributed by atoms with E-state index >= 15 is 0 Å². The molecule has 0 amide bonds. The standard InChI is InChI=1S/C20H29N3O/c1-14(24)17-9-7-16(12-21-17)20(5,6)13-23-18-10-8-15(11-22-18)19(2,3)4/h7-12,14,24H,13H2,1-6H3,(H,22,23). The van der Waals surface area contributed by atoms with E-state index in [1.807, 2.05) is 30.6 Å². The minimum absolute atomic E-state index is 0.0887. The van der Waals surface area contributed by atoms with Crippen molar-refractivity contribution in [3.8, 4) is 0 Å². The van der Waals surface area contributed by atoms with Crippen molar-refractivity contribution in [2.24, 2.45) is 0 Å². The van der Waals surface area contributed by atoms with Gasteiger partial charge in [0.15, 0.2) is 0 Å². The van der Waals surface area contributed by atoms with Crippen molar-refractivity contribution in [1.82, 2.24) is 9.97 Å². The van der Waals surface area contributed by atoms with E-state index < -0.39 is 6.10 Å². The third-order valence-electron chi connectivity index (χ3n) is 4.34. The van der Waals surface area contributed by atoms with Crippen LogP contribution in [0.4, 0.5) is 5.82 Å². The summed E-state index contributed by atoms with van der Waals surface area (Å²) in [6.07, 6.45) is 3.25. The maximum Gasteiger partial charge on any atom is 0.125 e. The highest BCUT2D eigenvalue weighted by Gasteiger charge is 2.21. The second-order valence-electron chi connectivity index (χ2n) is 8.07. The molecular weight excluding hydrogens is 298 g/mol. The minimum Gasteiger partial charge on any atom is -0.387 e. The predicted molar refractivity (Wildman–Crippen MR) is 99.3 cm³/mol. The zero-order chi connectivity index (χ0) is 18.0. The Kier molecular flexibility index (Phi) is 5.29. The van der Waals surface area contributed by atoms with Gasteiger partial charge in [0.05, 0.1) is 11.8 Å². The highest BCUT2D eigenvalue weighted by Crippen LogP contribution is 2.25. The van der Waals surface area contributed by atoms with Crippen molar-refractivity contribution in [3.63, 3.8) is 0 Å². The SMILES string of the molecule is CC(O)c1ccc(C(C)(C)CNc2ccc(C(C)(C)C)cn2)cn1. The molecular formula is C20H29N3O. The molecule has 24 heavy (non-hydrogen) atoms. The average molecular weight is 327 g/mol. The number of pyridine rings is 2. The van der Waals surface area contributed by atoms with Crippen molar-refractivity contribution in [2.75, 3.05) is 11.9 Å². The van der Waals surface area contributed by atoms with Crippen molar-refractivity contribution >= 4 is 5.82 Å². The summed E-state index contributed by atoms with van der Waals surface area (Å²) in [5, 5.41) is 13.0. The molecule has 2 aromatic rings. The van der Waals surface area contributed by atoms with Crippen LogP contribution in [0.2, 0.25) is 0 Å². The van der Waals surface area contributed by atoms with Gasteiger partial charge in [-0.1, -0.05) is 46.8 Å². The molecule has 0 radical (unpaired) electrons. The summed E-state index contributed by atoms with van der Waals surface area (Å²) in [5.74, 6) is 0.879. The molecule has 0 aliphatic rings. The first-order chi connectivity index (χ1) is 11.1. The number of rotatable bonds is 5. The van der Waals surface area contributed by atoms with Crippen LogP contribution in [0, 0.1) is 0 Å². The summed E-state index contributed by atoms with van der Waals surface area (Å²) >= 11 is 0. The van der Waals surface area contributed by atoms with Crippen LogP contribution in [-0.4, -0.2) is 21.6 Å². The normalized spacial score (nSPS) is 13.6. The van der Waals surface area contributed by atoms with E-state index in [2.05, 4.69) is 56.0 Å². The van der Waals surface area contributed by atoms with E-state index in [-0.39, 0.29) is 10.8 Å². The molecule has 0 fully saturated rings. The largest absolute Gasteiger partial charge is 0.387 e. The molecule has 2 aromatic heterocycles. The van der Waals surface area contributed by atoms with Crippen LogP contribution >= 0.6 is 0 Å². The van der Waals surface area contributed by atoms with E-state index in [1.54, 1.807) is 6.92 Å². The molecule has 2 heterocycles. The van der Waals surface area contributed by atoms with Gasteiger partial charge in [0.25, 0.3) is 0 Å². The predicted octanol–water partition coefficient (Wildman–Crippen LogP) is 4.22.